The predicted molar refractivity (Wildman–Crippen MR) is 95.9 cm³/mol. The van der Waals surface area contributed by atoms with Gasteiger partial charge in [0.1, 0.15) is 5.75 Å². The van der Waals surface area contributed by atoms with Crippen LogP contribution in [0.15, 0.2) is 34.7 Å². The summed E-state index contributed by atoms with van der Waals surface area (Å²) < 4.78 is 10.5. The van der Waals surface area contributed by atoms with E-state index in [1.807, 2.05) is 29.6 Å². The van der Waals surface area contributed by atoms with E-state index < -0.39 is 0 Å². The molecule has 0 atom stereocenters. The summed E-state index contributed by atoms with van der Waals surface area (Å²) in [7, 11) is 0. The van der Waals surface area contributed by atoms with Crippen LogP contribution in [0, 0.1) is 0 Å². The lowest BCUT2D eigenvalue weighted by Gasteiger charge is -2.04. The van der Waals surface area contributed by atoms with E-state index in [1.54, 1.807) is 13.1 Å². The Bertz CT molecular complexity index is 685. The van der Waals surface area contributed by atoms with Crippen LogP contribution in [0.3, 0.4) is 0 Å². The molecular formula is C17H21N3O3S. The normalized spacial score (nSPS) is 10.8. The maximum Gasteiger partial charge on any atom is 0.311 e. The smallest absolute Gasteiger partial charge is 0.311 e. The molecule has 2 rings (SSSR count). The van der Waals surface area contributed by atoms with Crippen molar-refractivity contribution in [1.82, 2.24) is 4.98 Å². The summed E-state index contributed by atoms with van der Waals surface area (Å²) >= 11 is 1.39. The standard InChI is InChI=1S/C17H21N3O3S/c1-3-8-23-15-7-5-6-13(9-15)11-18-20-17-19-14(12-24-17)10-16(21)22-4-2/h5-7,9,11-12H,3-4,8,10H2,1-2H3,(H,19,20). The third-order valence-electron chi connectivity index (χ3n) is 2.89. The molecule has 0 aliphatic carbocycles. The minimum Gasteiger partial charge on any atom is -0.494 e. The van der Waals surface area contributed by atoms with E-state index in [2.05, 4.69) is 22.4 Å². The molecule has 7 heteroatoms. The Hall–Kier alpha value is -2.41. The molecule has 1 aromatic carbocycles. The molecule has 0 radical (unpaired) electrons. The van der Waals surface area contributed by atoms with E-state index in [4.69, 9.17) is 9.47 Å². The van der Waals surface area contributed by atoms with Crippen LogP contribution in [-0.4, -0.2) is 30.4 Å². The molecule has 0 bridgehead atoms. The largest absolute Gasteiger partial charge is 0.494 e. The fourth-order valence-corrected chi connectivity index (χ4v) is 2.53. The zero-order valence-electron chi connectivity index (χ0n) is 13.8. The highest BCUT2D eigenvalue weighted by Gasteiger charge is 2.07. The van der Waals surface area contributed by atoms with Crippen LogP contribution in [0.25, 0.3) is 0 Å². The van der Waals surface area contributed by atoms with Crippen molar-refractivity contribution in [2.45, 2.75) is 26.7 Å². The summed E-state index contributed by atoms with van der Waals surface area (Å²) in [5, 5.41) is 6.61. The fourth-order valence-electron chi connectivity index (χ4n) is 1.87. The van der Waals surface area contributed by atoms with Gasteiger partial charge in [0.05, 0.1) is 31.5 Å². The Kier molecular flexibility index (Phi) is 7.22. The molecule has 0 aliphatic rings. The van der Waals surface area contributed by atoms with Gasteiger partial charge < -0.3 is 9.47 Å². The summed E-state index contributed by atoms with van der Waals surface area (Å²) in [5.41, 5.74) is 4.47. The lowest BCUT2D eigenvalue weighted by Crippen LogP contribution is -2.07. The van der Waals surface area contributed by atoms with E-state index >= 15 is 0 Å². The van der Waals surface area contributed by atoms with Crippen LogP contribution in [0.2, 0.25) is 0 Å². The SMILES string of the molecule is CCCOc1cccc(C=NNc2nc(CC(=O)OCC)cs2)c1. The molecule has 1 N–H and O–H groups in total. The molecular weight excluding hydrogens is 326 g/mol. The average Bonchev–Trinajstić information content (AvgIpc) is 3.01. The molecule has 0 saturated carbocycles. The number of hydrazone groups is 1. The summed E-state index contributed by atoms with van der Waals surface area (Å²) in [6.45, 7) is 4.92. The molecule has 0 spiro atoms. The third-order valence-corrected chi connectivity index (χ3v) is 3.68. The van der Waals surface area contributed by atoms with Crippen LogP contribution in [0.1, 0.15) is 31.5 Å². The highest BCUT2D eigenvalue weighted by atomic mass is 32.1. The van der Waals surface area contributed by atoms with Crippen molar-refractivity contribution in [1.29, 1.82) is 0 Å². The number of hydrogen-bond acceptors (Lipinski definition) is 7. The number of nitrogens with one attached hydrogen (secondary N) is 1. The van der Waals surface area contributed by atoms with Crippen molar-refractivity contribution >= 4 is 28.7 Å². The average molecular weight is 347 g/mol. The molecule has 1 heterocycles. The van der Waals surface area contributed by atoms with Gasteiger partial charge in [-0.05, 0) is 31.0 Å². The van der Waals surface area contributed by atoms with Crippen LogP contribution in [0.5, 0.6) is 5.75 Å². The second-order valence-corrected chi connectivity index (χ2v) is 5.77. The Balaban J connectivity index is 1.87. The molecule has 0 aliphatic heterocycles. The van der Waals surface area contributed by atoms with Gasteiger partial charge in [-0.15, -0.1) is 11.3 Å². The van der Waals surface area contributed by atoms with Gasteiger partial charge >= 0.3 is 5.97 Å². The first-order valence-corrected chi connectivity index (χ1v) is 8.71. The summed E-state index contributed by atoms with van der Waals surface area (Å²) in [5.74, 6) is 0.550. The second-order valence-electron chi connectivity index (χ2n) is 4.92. The number of nitrogens with zero attached hydrogens (tertiary/aromatic N) is 2. The maximum atomic E-state index is 11.4. The number of ether oxygens (including phenoxy) is 2. The second kappa shape index (κ2) is 9.67. The predicted octanol–water partition coefficient (Wildman–Crippen LogP) is 3.48. The van der Waals surface area contributed by atoms with E-state index in [0.717, 1.165) is 17.7 Å². The van der Waals surface area contributed by atoms with Crippen molar-refractivity contribution in [3.8, 4) is 5.75 Å². The van der Waals surface area contributed by atoms with Crippen LogP contribution in [0.4, 0.5) is 5.13 Å². The first-order valence-electron chi connectivity index (χ1n) is 7.83. The van der Waals surface area contributed by atoms with Crippen molar-refractivity contribution in [2.75, 3.05) is 18.6 Å². The van der Waals surface area contributed by atoms with Crippen molar-refractivity contribution in [2.24, 2.45) is 5.10 Å². The first kappa shape index (κ1) is 17.9. The van der Waals surface area contributed by atoms with Gasteiger partial charge in [0, 0.05) is 5.38 Å². The molecule has 24 heavy (non-hydrogen) atoms. The molecule has 1 aromatic heterocycles. The Morgan fingerprint density at radius 3 is 3.08 bits per heavy atom. The van der Waals surface area contributed by atoms with E-state index in [-0.39, 0.29) is 12.4 Å². The van der Waals surface area contributed by atoms with Gasteiger partial charge in [-0.25, -0.2) is 4.98 Å². The van der Waals surface area contributed by atoms with Gasteiger partial charge in [-0.2, -0.15) is 5.10 Å². The fraction of sp³-hybridized carbons (Fsp3) is 0.353. The van der Waals surface area contributed by atoms with Gasteiger partial charge in [-0.1, -0.05) is 19.1 Å². The molecule has 0 saturated heterocycles. The van der Waals surface area contributed by atoms with Crippen LogP contribution < -0.4 is 10.2 Å². The molecule has 6 nitrogen and oxygen atoms in total. The summed E-state index contributed by atoms with van der Waals surface area (Å²) in [4.78, 5) is 15.7. The minimum atomic E-state index is -0.276. The number of aromatic nitrogens is 1. The molecule has 0 amide bonds. The number of carbonyl (C=O) groups is 1. The number of carbonyl (C=O) groups excluding carboxylic acids is 1. The maximum absolute atomic E-state index is 11.4. The van der Waals surface area contributed by atoms with Crippen molar-refractivity contribution < 1.29 is 14.3 Å². The Morgan fingerprint density at radius 2 is 2.29 bits per heavy atom. The number of esters is 1. The zero-order valence-corrected chi connectivity index (χ0v) is 14.6. The third kappa shape index (κ3) is 6.00. The molecule has 2 aromatic rings. The molecule has 128 valence electrons. The molecule has 0 unspecified atom stereocenters. The lowest BCUT2D eigenvalue weighted by molar-refractivity contribution is -0.142. The van der Waals surface area contributed by atoms with Crippen molar-refractivity contribution in [3.63, 3.8) is 0 Å². The lowest BCUT2D eigenvalue weighted by atomic mass is 10.2. The highest BCUT2D eigenvalue weighted by molar-refractivity contribution is 7.13. The van der Waals surface area contributed by atoms with Gasteiger partial charge in [0.2, 0.25) is 5.13 Å². The zero-order chi connectivity index (χ0) is 17.2. The minimum absolute atomic E-state index is 0.173. The first-order chi connectivity index (χ1) is 11.7. The van der Waals surface area contributed by atoms with Crippen LogP contribution >= 0.6 is 11.3 Å². The summed E-state index contributed by atoms with van der Waals surface area (Å²) in [6.07, 6.45) is 2.84. The van der Waals surface area contributed by atoms with Gasteiger partial charge in [-0.3, -0.25) is 10.2 Å². The van der Waals surface area contributed by atoms with E-state index in [0.29, 0.717) is 24.0 Å². The highest BCUT2D eigenvalue weighted by Crippen LogP contribution is 2.16. The number of anilines is 1. The summed E-state index contributed by atoms with van der Waals surface area (Å²) in [6, 6.07) is 7.71. The van der Waals surface area contributed by atoms with Crippen molar-refractivity contribution in [3.05, 3.63) is 40.9 Å². The number of benzene rings is 1. The van der Waals surface area contributed by atoms with Gasteiger partial charge in [0.25, 0.3) is 0 Å². The number of hydrogen-bond donors (Lipinski definition) is 1. The molecule has 0 fully saturated rings. The van der Waals surface area contributed by atoms with E-state index in [1.165, 1.54) is 11.3 Å². The quantitative estimate of drug-likeness (QED) is 0.427. The Labute approximate surface area is 145 Å². The monoisotopic (exact) mass is 347 g/mol. The number of rotatable bonds is 9. The Morgan fingerprint density at radius 1 is 1.42 bits per heavy atom. The number of thiazole rings is 1. The topological polar surface area (TPSA) is 72.8 Å². The van der Waals surface area contributed by atoms with E-state index in [9.17, 15) is 4.79 Å². The van der Waals surface area contributed by atoms with Crippen LogP contribution in [-0.2, 0) is 16.0 Å². The van der Waals surface area contributed by atoms with Gasteiger partial charge in [0.15, 0.2) is 0 Å².